The van der Waals surface area contributed by atoms with Crippen molar-refractivity contribution >= 4 is 39.7 Å². The zero-order chi connectivity index (χ0) is 25.9. The van der Waals surface area contributed by atoms with Crippen LogP contribution in [0.2, 0.25) is 0 Å². The van der Waals surface area contributed by atoms with Crippen LogP contribution >= 0.6 is 11.3 Å². The number of methoxy groups -OCH3 is 1. The van der Waals surface area contributed by atoms with Crippen molar-refractivity contribution in [2.45, 2.75) is 39.2 Å². The lowest BCUT2D eigenvalue weighted by Crippen LogP contribution is -2.46. The fraction of sp³-hybridized carbons (Fsp3) is 0.259. The van der Waals surface area contributed by atoms with Crippen LogP contribution in [0.5, 0.6) is 5.75 Å². The van der Waals surface area contributed by atoms with Gasteiger partial charge >= 0.3 is 0 Å². The molecular formula is C27H27N5O4S. The summed E-state index contributed by atoms with van der Waals surface area (Å²) in [5.41, 5.74) is 5.56. The second-order valence-electron chi connectivity index (χ2n) is 8.85. The van der Waals surface area contributed by atoms with Gasteiger partial charge < -0.3 is 25.2 Å². The summed E-state index contributed by atoms with van der Waals surface area (Å²) in [6.07, 6.45) is 1.72. The average molecular weight is 518 g/mol. The molecule has 1 aliphatic heterocycles. The third-order valence-electron chi connectivity index (χ3n) is 6.28. The van der Waals surface area contributed by atoms with Crippen molar-refractivity contribution < 1.29 is 18.8 Å². The van der Waals surface area contributed by atoms with Gasteiger partial charge in [0.15, 0.2) is 5.13 Å². The smallest absolute Gasteiger partial charge is 0.247 e. The number of thiazole rings is 1. The maximum atomic E-state index is 13.1. The van der Waals surface area contributed by atoms with Crippen molar-refractivity contribution in [2.75, 3.05) is 17.7 Å². The Kier molecular flexibility index (Phi) is 6.91. The van der Waals surface area contributed by atoms with Crippen LogP contribution in [0.1, 0.15) is 30.7 Å². The molecular weight excluding hydrogens is 490 g/mol. The van der Waals surface area contributed by atoms with Crippen molar-refractivity contribution in [1.82, 2.24) is 15.5 Å². The molecule has 0 spiro atoms. The Hall–Kier alpha value is -4.18. The Morgan fingerprint density at radius 3 is 2.62 bits per heavy atom. The van der Waals surface area contributed by atoms with E-state index in [1.54, 1.807) is 7.11 Å². The Labute approximate surface area is 218 Å². The highest BCUT2D eigenvalue weighted by Crippen LogP contribution is 2.36. The van der Waals surface area contributed by atoms with Gasteiger partial charge in [0, 0.05) is 22.9 Å². The highest BCUT2D eigenvalue weighted by atomic mass is 32.1. The number of hydrogen-bond acceptors (Lipinski definition) is 8. The summed E-state index contributed by atoms with van der Waals surface area (Å²) in [7, 11) is 1.63. The molecule has 190 valence electrons. The lowest BCUT2D eigenvalue weighted by Gasteiger charge is -2.23. The predicted octanol–water partition coefficient (Wildman–Crippen LogP) is 5.44. The van der Waals surface area contributed by atoms with Crippen molar-refractivity contribution in [1.29, 1.82) is 0 Å². The number of nitrogens with one attached hydrogen (secondary N) is 3. The molecule has 37 heavy (non-hydrogen) atoms. The van der Waals surface area contributed by atoms with Gasteiger partial charge in [0.05, 0.1) is 29.9 Å². The summed E-state index contributed by atoms with van der Waals surface area (Å²) in [4.78, 5) is 29.7. The fourth-order valence-corrected chi connectivity index (χ4v) is 5.10. The third kappa shape index (κ3) is 5.34. The molecule has 1 aliphatic rings. The zero-order valence-corrected chi connectivity index (χ0v) is 21.6. The van der Waals surface area contributed by atoms with Gasteiger partial charge in [-0.05, 0) is 68.7 Å². The zero-order valence-electron chi connectivity index (χ0n) is 20.8. The number of rotatable bonds is 7. The Morgan fingerprint density at radius 1 is 1.14 bits per heavy atom. The number of amides is 2. The minimum absolute atomic E-state index is 0.108. The summed E-state index contributed by atoms with van der Waals surface area (Å²) < 4.78 is 10.6. The van der Waals surface area contributed by atoms with E-state index in [1.165, 1.54) is 11.3 Å². The molecule has 0 radical (unpaired) electrons. The maximum absolute atomic E-state index is 13.1. The van der Waals surface area contributed by atoms with E-state index < -0.39 is 6.04 Å². The summed E-state index contributed by atoms with van der Waals surface area (Å²) in [5, 5.41) is 15.8. The number of aryl methyl sites for hydroxylation is 2. The van der Waals surface area contributed by atoms with Gasteiger partial charge in [0.1, 0.15) is 17.6 Å². The number of benzene rings is 2. The number of carbonyl (C=O) groups excluding carboxylic acids is 2. The van der Waals surface area contributed by atoms with Crippen LogP contribution in [0.3, 0.4) is 0 Å². The second kappa shape index (κ2) is 10.4. The summed E-state index contributed by atoms with van der Waals surface area (Å²) in [6, 6.07) is 12.9. The molecule has 9 nitrogen and oxygen atoms in total. The Bertz CT molecular complexity index is 1420. The molecule has 4 aromatic rings. The van der Waals surface area contributed by atoms with E-state index in [-0.39, 0.29) is 11.8 Å². The number of nitrogens with zero attached hydrogens (tertiary/aromatic N) is 2. The molecule has 2 aromatic heterocycles. The first-order valence-corrected chi connectivity index (χ1v) is 12.8. The molecule has 10 heteroatoms. The topological polar surface area (TPSA) is 118 Å². The van der Waals surface area contributed by atoms with E-state index >= 15 is 0 Å². The van der Waals surface area contributed by atoms with Crippen molar-refractivity contribution in [3.05, 3.63) is 59.3 Å². The van der Waals surface area contributed by atoms with Crippen LogP contribution in [0.4, 0.5) is 16.5 Å². The van der Waals surface area contributed by atoms with E-state index in [1.807, 2.05) is 61.7 Å². The van der Waals surface area contributed by atoms with Crippen molar-refractivity contribution in [3.8, 4) is 28.1 Å². The molecule has 1 saturated heterocycles. The van der Waals surface area contributed by atoms with E-state index in [0.29, 0.717) is 41.5 Å². The molecule has 0 saturated carbocycles. The number of anilines is 3. The quantitative estimate of drug-likeness (QED) is 0.299. The standard InChI is InChI=1S/C27H27N5O4S/c1-15-25(16(2)36-32-15)18-9-12-20(22(13-18)29-26(34)21-5-4-6-24(33)28-21)30-27-31-23(14-37-27)17-7-10-19(35-3)11-8-17/h7-14,21H,4-6H2,1-3H3,(H,28,33)(H,29,34)(H,30,31)/t21-/m0/s1. The first-order chi connectivity index (χ1) is 17.9. The van der Waals surface area contributed by atoms with Crippen molar-refractivity contribution in [3.63, 3.8) is 0 Å². The molecule has 3 heterocycles. The maximum Gasteiger partial charge on any atom is 0.247 e. The molecule has 0 unspecified atom stereocenters. The first kappa shape index (κ1) is 24.5. The lowest BCUT2D eigenvalue weighted by atomic mass is 10.0. The normalized spacial score (nSPS) is 15.2. The van der Waals surface area contributed by atoms with Crippen molar-refractivity contribution in [2.24, 2.45) is 0 Å². The number of ether oxygens (including phenoxy) is 1. The highest BCUT2D eigenvalue weighted by molar-refractivity contribution is 7.14. The molecule has 3 N–H and O–H groups in total. The van der Waals surface area contributed by atoms with Gasteiger partial charge in [-0.25, -0.2) is 4.98 Å². The van der Waals surface area contributed by atoms with Gasteiger partial charge in [-0.1, -0.05) is 11.2 Å². The molecule has 0 bridgehead atoms. The van der Waals surface area contributed by atoms with Gasteiger partial charge in [0.25, 0.3) is 0 Å². The Morgan fingerprint density at radius 2 is 1.92 bits per heavy atom. The second-order valence-corrected chi connectivity index (χ2v) is 9.71. The SMILES string of the molecule is COc1ccc(-c2csc(Nc3ccc(-c4c(C)noc4C)cc3NC(=O)[C@@H]3CCCC(=O)N3)n2)cc1. The number of carbonyl (C=O) groups is 2. The van der Waals surface area contributed by atoms with Crippen LogP contribution in [0, 0.1) is 13.8 Å². The summed E-state index contributed by atoms with van der Waals surface area (Å²) in [6.45, 7) is 3.73. The van der Waals surface area contributed by atoms with E-state index in [4.69, 9.17) is 14.2 Å². The minimum Gasteiger partial charge on any atom is -0.497 e. The summed E-state index contributed by atoms with van der Waals surface area (Å²) >= 11 is 1.46. The van der Waals surface area contributed by atoms with E-state index in [2.05, 4.69) is 21.1 Å². The van der Waals surface area contributed by atoms with Gasteiger partial charge in [0.2, 0.25) is 11.8 Å². The van der Waals surface area contributed by atoms with Crippen LogP contribution < -0.4 is 20.7 Å². The minimum atomic E-state index is -0.571. The average Bonchev–Trinajstić information content (AvgIpc) is 3.51. The first-order valence-electron chi connectivity index (χ1n) is 12.0. The van der Waals surface area contributed by atoms with E-state index in [0.717, 1.165) is 33.8 Å². The summed E-state index contributed by atoms with van der Waals surface area (Å²) in [5.74, 6) is 1.11. The number of piperidine rings is 1. The molecule has 1 fully saturated rings. The molecule has 5 rings (SSSR count). The lowest BCUT2D eigenvalue weighted by molar-refractivity contribution is -0.128. The molecule has 1 atom stereocenters. The highest BCUT2D eigenvalue weighted by Gasteiger charge is 2.25. The number of hydrogen-bond donors (Lipinski definition) is 3. The Balaban J connectivity index is 1.44. The van der Waals surface area contributed by atoms with Crippen LogP contribution in [-0.4, -0.2) is 35.1 Å². The predicted molar refractivity (Wildman–Crippen MR) is 143 cm³/mol. The molecule has 0 aliphatic carbocycles. The van der Waals surface area contributed by atoms with Crippen LogP contribution in [0.25, 0.3) is 22.4 Å². The monoisotopic (exact) mass is 517 g/mol. The van der Waals surface area contributed by atoms with Gasteiger partial charge in [-0.15, -0.1) is 11.3 Å². The van der Waals surface area contributed by atoms with Gasteiger partial charge in [-0.3, -0.25) is 9.59 Å². The largest absolute Gasteiger partial charge is 0.497 e. The molecule has 2 amide bonds. The number of aromatic nitrogens is 2. The third-order valence-corrected chi connectivity index (χ3v) is 7.04. The van der Waals surface area contributed by atoms with Crippen LogP contribution in [0.15, 0.2) is 52.4 Å². The van der Waals surface area contributed by atoms with Crippen LogP contribution in [-0.2, 0) is 9.59 Å². The van der Waals surface area contributed by atoms with E-state index in [9.17, 15) is 9.59 Å². The van der Waals surface area contributed by atoms with Gasteiger partial charge in [-0.2, -0.15) is 0 Å². The fourth-order valence-electron chi connectivity index (χ4n) is 4.37. The molecule has 2 aromatic carbocycles.